The van der Waals surface area contributed by atoms with Gasteiger partial charge in [0.15, 0.2) is 36.1 Å². The number of halogens is 1. The van der Waals surface area contributed by atoms with Crippen LogP contribution in [0, 0.1) is 0 Å². The van der Waals surface area contributed by atoms with Crippen molar-refractivity contribution in [3.8, 4) is 22.5 Å². The summed E-state index contributed by atoms with van der Waals surface area (Å²) in [6, 6.07) is 9.37. The third-order valence-corrected chi connectivity index (χ3v) is 15.3. The van der Waals surface area contributed by atoms with Crippen molar-refractivity contribution in [3.05, 3.63) is 51.9 Å². The summed E-state index contributed by atoms with van der Waals surface area (Å²) >= 11 is 5.98. The van der Waals surface area contributed by atoms with Crippen molar-refractivity contribution in [2.45, 2.75) is 114 Å². The third-order valence-electron chi connectivity index (χ3n) is 12.9. The van der Waals surface area contributed by atoms with Crippen molar-refractivity contribution in [3.63, 3.8) is 0 Å². The van der Waals surface area contributed by atoms with Crippen LogP contribution in [0.5, 0.6) is 0 Å². The Labute approximate surface area is 350 Å². The lowest BCUT2D eigenvalue weighted by Crippen LogP contribution is -2.44. The van der Waals surface area contributed by atoms with Gasteiger partial charge >= 0.3 is 0 Å². The SMILES string of the molecule is CCCCc1c2c3c(c(CCCC)c1-c1c4cc/c(=[N+](/CCO)CCOOI)cc-4oc4c5c6c(cc14)C(C)(C)CCN6CCC5(C)C)SCCN3CCS2. The van der Waals surface area contributed by atoms with Crippen LogP contribution in [0.1, 0.15) is 102 Å². The molecule has 0 atom stereocenters. The molecule has 0 aromatic heterocycles. The number of aliphatic hydroxyl groups excluding tert-OH is 1. The summed E-state index contributed by atoms with van der Waals surface area (Å²) in [5, 5.41) is 12.4. The monoisotopic (exact) mass is 896 g/mol. The predicted octanol–water partition coefficient (Wildman–Crippen LogP) is 10.1. The fourth-order valence-corrected chi connectivity index (χ4v) is 12.5. The first-order chi connectivity index (χ1) is 26.6. The predicted molar refractivity (Wildman–Crippen MR) is 240 cm³/mol. The maximum absolute atomic E-state index is 10.1. The van der Waals surface area contributed by atoms with E-state index in [1.165, 1.54) is 80.1 Å². The van der Waals surface area contributed by atoms with Crippen molar-refractivity contribution in [2.75, 3.05) is 73.8 Å². The van der Waals surface area contributed by atoms with Gasteiger partial charge in [0.1, 0.15) is 24.6 Å². The number of anilines is 2. The minimum absolute atomic E-state index is 0.0468. The van der Waals surface area contributed by atoms with Gasteiger partial charge in [0, 0.05) is 81.3 Å². The van der Waals surface area contributed by atoms with Crippen LogP contribution >= 0.6 is 46.5 Å². The summed E-state index contributed by atoms with van der Waals surface area (Å²) in [6.07, 6.45) is 9.09. The zero-order valence-corrected chi connectivity index (χ0v) is 37.5. The second-order valence-electron chi connectivity index (χ2n) is 17.3. The van der Waals surface area contributed by atoms with E-state index in [-0.39, 0.29) is 17.4 Å². The van der Waals surface area contributed by atoms with Gasteiger partial charge in [-0.3, -0.25) is 0 Å². The zero-order chi connectivity index (χ0) is 38.5. The van der Waals surface area contributed by atoms with Gasteiger partial charge in [-0.15, -0.1) is 23.5 Å². The third kappa shape index (κ3) is 7.15. The highest BCUT2D eigenvalue weighted by Crippen LogP contribution is 2.58. The maximum Gasteiger partial charge on any atom is 0.203 e. The van der Waals surface area contributed by atoms with E-state index >= 15 is 0 Å². The average Bonchev–Trinajstić information content (AvgIpc) is 3.17. The molecule has 0 saturated carbocycles. The van der Waals surface area contributed by atoms with Crippen LogP contribution in [-0.4, -0.2) is 69.1 Å². The molecule has 1 N–H and O–H groups in total. The molecular formula is C45H59IN3O4S2+. The van der Waals surface area contributed by atoms with E-state index in [2.05, 4.69) is 104 Å². The lowest BCUT2D eigenvalue weighted by atomic mass is 9.68. The van der Waals surface area contributed by atoms with E-state index in [0.29, 0.717) is 19.7 Å². The highest BCUT2D eigenvalue weighted by atomic mass is 127. The molecule has 1 aliphatic carbocycles. The van der Waals surface area contributed by atoms with E-state index in [9.17, 15) is 5.11 Å². The van der Waals surface area contributed by atoms with Gasteiger partial charge in [0.2, 0.25) is 5.36 Å². The Balaban J connectivity index is 1.56. The molecule has 6 aliphatic rings. The second kappa shape index (κ2) is 16.4. The highest BCUT2D eigenvalue weighted by molar-refractivity contribution is 14.1. The number of unbranched alkanes of at least 4 members (excludes halogenated alkanes) is 2. The van der Waals surface area contributed by atoms with Crippen LogP contribution in [0.15, 0.2) is 38.5 Å². The normalized spacial score (nSPS) is 18.8. The molecule has 5 heterocycles. The molecule has 5 aliphatic heterocycles. The zero-order valence-electron chi connectivity index (χ0n) is 33.7. The molecule has 0 unspecified atom stereocenters. The quantitative estimate of drug-likeness (QED) is 0.0356. The Kier molecular flexibility index (Phi) is 11.9. The number of rotatable bonds is 13. The minimum Gasteiger partial charge on any atom is -0.455 e. The van der Waals surface area contributed by atoms with Gasteiger partial charge in [-0.05, 0) is 83.7 Å². The summed E-state index contributed by atoms with van der Waals surface area (Å²) in [5.74, 6) is 3.19. The molecule has 0 spiro atoms. The lowest BCUT2D eigenvalue weighted by molar-refractivity contribution is -0.164. The largest absolute Gasteiger partial charge is 0.455 e. The Morgan fingerprint density at radius 1 is 0.836 bits per heavy atom. The van der Waals surface area contributed by atoms with Crippen molar-refractivity contribution in [1.29, 1.82) is 0 Å². The fraction of sp³-hybridized carbons (Fsp3) is 0.578. The molecule has 7 nitrogen and oxygen atoms in total. The van der Waals surface area contributed by atoms with E-state index in [4.69, 9.17) is 12.5 Å². The minimum atomic E-state index is -0.0522. The van der Waals surface area contributed by atoms with E-state index in [1.807, 2.05) is 0 Å². The summed E-state index contributed by atoms with van der Waals surface area (Å²) < 4.78 is 14.5. The summed E-state index contributed by atoms with van der Waals surface area (Å²) in [4.78, 5) is 13.7. The Morgan fingerprint density at radius 2 is 1.49 bits per heavy atom. The van der Waals surface area contributed by atoms with Gasteiger partial charge in [-0.1, -0.05) is 54.4 Å². The molecule has 8 rings (SSSR count). The van der Waals surface area contributed by atoms with Crippen LogP contribution in [0.3, 0.4) is 0 Å². The number of aliphatic hydroxyl groups is 1. The van der Waals surface area contributed by atoms with Crippen molar-refractivity contribution in [2.24, 2.45) is 0 Å². The first kappa shape index (κ1) is 39.8. The van der Waals surface area contributed by atoms with E-state index in [1.54, 1.807) is 34.1 Å². The first-order valence-electron chi connectivity index (χ1n) is 20.8. The first-order valence-corrected chi connectivity index (χ1v) is 23.6. The Bertz CT molecular complexity index is 2080. The van der Waals surface area contributed by atoms with Gasteiger partial charge in [0.25, 0.3) is 0 Å². The topological polar surface area (TPSA) is 61.3 Å². The van der Waals surface area contributed by atoms with Gasteiger partial charge in [-0.25, -0.2) is 9.46 Å². The standard InChI is InChI=1S/C45H59IN3O4S2/c1-7-9-11-31-37(32(12-10-8-2)43-40-42(31)54-25-21-49(40)22-26-55-43)36-30-14-13-29(47(19-23-50)20-24-51-53-46)27-35(30)52-41-33(36)28-34-39-38(41)45(5,6)16-18-48(39)17-15-44(34,3)4/h13-14,27-28,50H,7-12,15-26H2,1-6H3/q+1. The molecule has 0 radical (unpaired) electrons. The van der Waals surface area contributed by atoms with Crippen LogP contribution < -0.4 is 19.7 Å². The van der Waals surface area contributed by atoms with Gasteiger partial charge < -0.3 is 19.3 Å². The number of nitrogens with zero attached hydrogens (tertiary/aromatic N) is 3. The molecule has 55 heavy (non-hydrogen) atoms. The highest BCUT2D eigenvalue weighted by Gasteiger charge is 2.43. The summed E-state index contributed by atoms with van der Waals surface area (Å²) in [6.45, 7) is 20.5. The van der Waals surface area contributed by atoms with Crippen molar-refractivity contribution < 1.29 is 17.6 Å². The molecule has 296 valence electrons. The number of benzene rings is 3. The number of hydrogen-bond acceptors (Lipinski definition) is 8. The van der Waals surface area contributed by atoms with Crippen LogP contribution in [0.25, 0.3) is 33.4 Å². The molecule has 2 aromatic rings. The van der Waals surface area contributed by atoms with E-state index < -0.39 is 0 Å². The van der Waals surface area contributed by atoms with Crippen LogP contribution in [-0.2, 0) is 31.8 Å². The Hall–Kier alpha value is -1.96. The smallest absolute Gasteiger partial charge is 0.203 e. The molecule has 10 heteroatoms. The van der Waals surface area contributed by atoms with Crippen LogP contribution in [0.2, 0.25) is 0 Å². The van der Waals surface area contributed by atoms with Gasteiger partial charge in [-0.2, -0.15) is 3.22 Å². The summed E-state index contributed by atoms with van der Waals surface area (Å²) in [7, 11) is 0. The van der Waals surface area contributed by atoms with E-state index in [0.717, 1.165) is 80.1 Å². The van der Waals surface area contributed by atoms with Crippen molar-refractivity contribution in [1.82, 2.24) is 4.58 Å². The maximum atomic E-state index is 10.1. The van der Waals surface area contributed by atoms with Crippen LogP contribution in [0.4, 0.5) is 11.4 Å². The number of hydrogen-bond donors (Lipinski definition) is 1. The Morgan fingerprint density at radius 3 is 2.13 bits per heavy atom. The molecule has 0 bridgehead atoms. The summed E-state index contributed by atoms with van der Waals surface area (Å²) in [5.41, 5.74) is 14.0. The lowest BCUT2D eigenvalue weighted by Gasteiger charge is -2.48. The van der Waals surface area contributed by atoms with Gasteiger partial charge in [0.05, 0.1) is 11.8 Å². The molecule has 0 saturated heterocycles. The number of thioether (sulfide) groups is 2. The number of fused-ring (bicyclic) bond motifs is 3. The second-order valence-corrected chi connectivity index (χ2v) is 19.8. The average molecular weight is 897 g/mol. The molecular weight excluding hydrogens is 838 g/mol. The molecule has 0 amide bonds. The fourth-order valence-electron chi connectivity index (χ4n) is 9.77. The van der Waals surface area contributed by atoms with Crippen molar-refractivity contribution >= 4 is 68.9 Å². The molecule has 2 aromatic carbocycles. The molecule has 0 fully saturated rings.